The van der Waals surface area contributed by atoms with E-state index in [0.717, 1.165) is 44.3 Å². The molecular weight excluding hydrogens is 212 g/mol. The molecule has 1 aromatic rings. The van der Waals surface area contributed by atoms with Crippen molar-refractivity contribution in [3.63, 3.8) is 0 Å². The van der Waals surface area contributed by atoms with Crippen LogP contribution in [0.3, 0.4) is 0 Å². The molecule has 2 heterocycles. The molecule has 0 bridgehead atoms. The zero-order valence-corrected chi connectivity index (χ0v) is 10.8. The van der Waals surface area contributed by atoms with Gasteiger partial charge in [0.25, 0.3) is 0 Å². The third kappa shape index (κ3) is 3.66. The molecule has 0 saturated carbocycles. The van der Waals surface area contributed by atoms with E-state index in [4.69, 9.17) is 0 Å². The largest absolute Gasteiger partial charge is 0.354 e. The lowest BCUT2D eigenvalue weighted by atomic mass is 10.1. The minimum atomic E-state index is 0.729. The Hall–Kier alpha value is -1.16. The Morgan fingerprint density at radius 3 is 2.76 bits per heavy atom. The van der Waals surface area contributed by atoms with Crippen molar-refractivity contribution in [3.8, 4) is 0 Å². The summed E-state index contributed by atoms with van der Waals surface area (Å²) in [7, 11) is 0. The second kappa shape index (κ2) is 5.96. The fraction of sp³-hybridized carbons (Fsp3) is 0.692. The van der Waals surface area contributed by atoms with Crippen molar-refractivity contribution in [1.82, 2.24) is 15.3 Å². The van der Waals surface area contributed by atoms with Crippen LogP contribution >= 0.6 is 0 Å². The molecule has 0 aliphatic carbocycles. The molecule has 17 heavy (non-hydrogen) atoms. The fourth-order valence-corrected chi connectivity index (χ4v) is 2.03. The maximum atomic E-state index is 4.38. The highest BCUT2D eigenvalue weighted by atomic mass is 15.2. The number of aryl methyl sites for hydroxylation is 1. The molecule has 1 fully saturated rings. The molecule has 94 valence electrons. The van der Waals surface area contributed by atoms with Crippen molar-refractivity contribution in [2.75, 3.05) is 31.1 Å². The van der Waals surface area contributed by atoms with Crippen molar-refractivity contribution in [2.45, 2.75) is 26.7 Å². The van der Waals surface area contributed by atoms with Gasteiger partial charge in [0.15, 0.2) is 0 Å². The third-order valence-corrected chi connectivity index (χ3v) is 3.13. The van der Waals surface area contributed by atoms with Gasteiger partial charge in [-0.3, -0.25) is 0 Å². The van der Waals surface area contributed by atoms with Crippen LogP contribution in [0.1, 0.15) is 26.0 Å². The molecule has 1 saturated heterocycles. The third-order valence-electron chi connectivity index (χ3n) is 3.13. The Bertz CT molecular complexity index is 345. The van der Waals surface area contributed by atoms with Crippen molar-refractivity contribution < 1.29 is 0 Å². The summed E-state index contributed by atoms with van der Waals surface area (Å²) in [6, 6.07) is 2.15. The zero-order chi connectivity index (χ0) is 12.1. The highest BCUT2D eigenvalue weighted by Crippen LogP contribution is 2.14. The summed E-state index contributed by atoms with van der Waals surface area (Å²) in [6.45, 7) is 8.68. The molecular formula is C13H22N4. The van der Waals surface area contributed by atoms with Crippen LogP contribution in [0.25, 0.3) is 0 Å². The molecule has 0 amide bonds. The standard InChI is InChI=1S/C13H22N4/c1-11(2)3-4-12-9-13(16-10-15-12)17-7-5-14-6-8-17/h9-11,14H,3-8H2,1-2H3. The van der Waals surface area contributed by atoms with E-state index < -0.39 is 0 Å². The molecule has 1 aliphatic heterocycles. The van der Waals surface area contributed by atoms with E-state index in [1.54, 1.807) is 6.33 Å². The topological polar surface area (TPSA) is 41.0 Å². The molecule has 2 rings (SSSR count). The number of piperazine rings is 1. The van der Waals surface area contributed by atoms with Gasteiger partial charge in [-0.15, -0.1) is 0 Å². The summed E-state index contributed by atoms with van der Waals surface area (Å²) >= 11 is 0. The summed E-state index contributed by atoms with van der Waals surface area (Å²) in [5, 5.41) is 3.35. The van der Waals surface area contributed by atoms with Crippen molar-refractivity contribution in [3.05, 3.63) is 18.1 Å². The van der Waals surface area contributed by atoms with Gasteiger partial charge in [0.1, 0.15) is 12.1 Å². The Labute approximate surface area is 103 Å². The fourth-order valence-electron chi connectivity index (χ4n) is 2.03. The number of nitrogens with one attached hydrogen (secondary N) is 1. The van der Waals surface area contributed by atoms with Gasteiger partial charge in [-0.1, -0.05) is 13.8 Å². The van der Waals surface area contributed by atoms with Crippen LogP contribution in [0.2, 0.25) is 0 Å². The SMILES string of the molecule is CC(C)CCc1cc(N2CCNCC2)ncn1. The van der Waals surface area contributed by atoms with Gasteiger partial charge in [-0.2, -0.15) is 0 Å². The molecule has 0 spiro atoms. The van der Waals surface area contributed by atoms with Gasteiger partial charge in [0.05, 0.1) is 0 Å². The molecule has 0 atom stereocenters. The summed E-state index contributed by atoms with van der Waals surface area (Å²) in [5.41, 5.74) is 1.17. The van der Waals surface area contributed by atoms with E-state index in [1.165, 1.54) is 12.1 Å². The lowest BCUT2D eigenvalue weighted by Gasteiger charge is -2.28. The summed E-state index contributed by atoms with van der Waals surface area (Å²) in [5.74, 6) is 1.81. The Kier molecular flexibility index (Phi) is 4.31. The summed E-state index contributed by atoms with van der Waals surface area (Å²) < 4.78 is 0. The first-order valence-electron chi connectivity index (χ1n) is 6.52. The van der Waals surface area contributed by atoms with Gasteiger partial charge in [0.2, 0.25) is 0 Å². The second-order valence-electron chi connectivity index (χ2n) is 5.04. The van der Waals surface area contributed by atoms with Crippen LogP contribution in [0.5, 0.6) is 0 Å². The zero-order valence-electron chi connectivity index (χ0n) is 10.8. The summed E-state index contributed by atoms with van der Waals surface area (Å²) in [4.78, 5) is 11.1. The Morgan fingerprint density at radius 1 is 1.29 bits per heavy atom. The van der Waals surface area contributed by atoms with Crippen LogP contribution in [-0.4, -0.2) is 36.1 Å². The molecule has 1 aromatic heterocycles. The second-order valence-corrected chi connectivity index (χ2v) is 5.04. The van der Waals surface area contributed by atoms with E-state index in [1.807, 2.05) is 0 Å². The van der Waals surface area contributed by atoms with Crippen LogP contribution in [-0.2, 0) is 6.42 Å². The highest BCUT2D eigenvalue weighted by molar-refractivity contribution is 5.39. The predicted octanol–water partition coefficient (Wildman–Crippen LogP) is 1.47. The molecule has 0 aromatic carbocycles. The van der Waals surface area contributed by atoms with E-state index in [2.05, 4.69) is 40.1 Å². The van der Waals surface area contributed by atoms with E-state index in [-0.39, 0.29) is 0 Å². The van der Waals surface area contributed by atoms with Crippen LogP contribution in [0, 0.1) is 5.92 Å². The van der Waals surface area contributed by atoms with Crippen molar-refractivity contribution >= 4 is 5.82 Å². The number of hydrogen-bond donors (Lipinski definition) is 1. The van der Waals surface area contributed by atoms with Gasteiger partial charge < -0.3 is 10.2 Å². The lowest BCUT2D eigenvalue weighted by Crippen LogP contribution is -2.43. The van der Waals surface area contributed by atoms with Crippen LogP contribution in [0.15, 0.2) is 12.4 Å². The first-order valence-corrected chi connectivity index (χ1v) is 6.52. The van der Waals surface area contributed by atoms with E-state index in [9.17, 15) is 0 Å². The first-order chi connectivity index (χ1) is 8.25. The number of nitrogens with zero attached hydrogens (tertiary/aromatic N) is 3. The monoisotopic (exact) mass is 234 g/mol. The van der Waals surface area contributed by atoms with Crippen molar-refractivity contribution in [2.24, 2.45) is 5.92 Å². The maximum Gasteiger partial charge on any atom is 0.132 e. The minimum absolute atomic E-state index is 0.729. The van der Waals surface area contributed by atoms with Gasteiger partial charge >= 0.3 is 0 Å². The summed E-state index contributed by atoms with van der Waals surface area (Å²) in [6.07, 6.45) is 3.95. The van der Waals surface area contributed by atoms with Crippen LogP contribution in [0.4, 0.5) is 5.82 Å². The Morgan fingerprint density at radius 2 is 2.06 bits per heavy atom. The van der Waals surface area contributed by atoms with Crippen molar-refractivity contribution in [1.29, 1.82) is 0 Å². The Balaban J connectivity index is 2.00. The molecule has 4 heteroatoms. The minimum Gasteiger partial charge on any atom is -0.354 e. The van der Waals surface area contributed by atoms with Gasteiger partial charge in [-0.05, 0) is 18.8 Å². The lowest BCUT2D eigenvalue weighted by molar-refractivity contribution is 0.575. The van der Waals surface area contributed by atoms with E-state index in [0.29, 0.717) is 0 Å². The number of aromatic nitrogens is 2. The molecule has 4 nitrogen and oxygen atoms in total. The first kappa shape index (κ1) is 12.3. The molecule has 0 radical (unpaired) electrons. The maximum absolute atomic E-state index is 4.38. The van der Waals surface area contributed by atoms with Gasteiger partial charge in [0, 0.05) is 37.9 Å². The predicted molar refractivity (Wildman–Crippen MR) is 70.3 cm³/mol. The molecule has 0 unspecified atom stereocenters. The van der Waals surface area contributed by atoms with Crippen LogP contribution < -0.4 is 10.2 Å². The normalized spacial score (nSPS) is 16.5. The number of anilines is 1. The quantitative estimate of drug-likeness (QED) is 0.856. The van der Waals surface area contributed by atoms with Gasteiger partial charge in [-0.25, -0.2) is 9.97 Å². The highest BCUT2D eigenvalue weighted by Gasteiger charge is 2.12. The number of hydrogen-bond acceptors (Lipinski definition) is 4. The smallest absolute Gasteiger partial charge is 0.132 e. The molecule has 1 N–H and O–H groups in total. The average Bonchev–Trinajstić information content (AvgIpc) is 2.38. The van der Waals surface area contributed by atoms with E-state index >= 15 is 0 Å². The number of rotatable bonds is 4. The average molecular weight is 234 g/mol. The molecule has 1 aliphatic rings.